The molecule has 0 aliphatic carbocycles. The first-order chi connectivity index (χ1) is 10.0. The second-order valence-electron chi connectivity index (χ2n) is 4.31. The van der Waals surface area contributed by atoms with Crippen LogP contribution < -0.4 is 16.8 Å². The zero-order valence-corrected chi connectivity index (χ0v) is 12.4. The second kappa shape index (κ2) is 6.89. The van der Waals surface area contributed by atoms with Crippen molar-refractivity contribution in [1.29, 1.82) is 0 Å². The number of nitrogens with zero attached hydrogens (tertiary/aromatic N) is 3. The van der Waals surface area contributed by atoms with Gasteiger partial charge in [0.2, 0.25) is 5.91 Å². The number of hydrogen-bond acceptors (Lipinski definition) is 7. The Bertz CT molecular complexity index is 628. The Morgan fingerprint density at radius 2 is 1.95 bits per heavy atom. The third-order valence-corrected chi connectivity index (χ3v) is 3.31. The molecule has 0 spiro atoms. The smallest absolute Gasteiger partial charge is 0.226 e. The van der Waals surface area contributed by atoms with E-state index in [4.69, 9.17) is 11.5 Å². The lowest BCUT2D eigenvalue weighted by molar-refractivity contribution is -0.115. The number of amides is 1. The van der Waals surface area contributed by atoms with Crippen LogP contribution in [0.5, 0.6) is 0 Å². The van der Waals surface area contributed by atoms with Gasteiger partial charge in [0.25, 0.3) is 0 Å². The number of aromatic nitrogens is 3. The van der Waals surface area contributed by atoms with E-state index in [0.29, 0.717) is 34.8 Å². The predicted molar refractivity (Wildman–Crippen MR) is 83.8 cm³/mol. The molecular weight excluding hydrogens is 288 g/mol. The summed E-state index contributed by atoms with van der Waals surface area (Å²) in [6.45, 7) is 1.87. The molecule has 8 heteroatoms. The molecule has 110 valence electrons. The van der Waals surface area contributed by atoms with Gasteiger partial charge in [-0.3, -0.25) is 4.79 Å². The molecule has 2 aromatic heterocycles. The highest BCUT2D eigenvalue weighted by molar-refractivity contribution is 7.99. The van der Waals surface area contributed by atoms with Crippen LogP contribution in [0.3, 0.4) is 0 Å². The van der Waals surface area contributed by atoms with Crippen molar-refractivity contribution in [3.63, 3.8) is 0 Å². The van der Waals surface area contributed by atoms with Crippen LogP contribution in [0.2, 0.25) is 0 Å². The Labute approximate surface area is 126 Å². The molecule has 2 rings (SSSR count). The number of rotatable bonds is 5. The van der Waals surface area contributed by atoms with E-state index in [1.165, 1.54) is 17.8 Å². The van der Waals surface area contributed by atoms with Crippen molar-refractivity contribution >= 4 is 35.1 Å². The number of hydrogen-bond donors (Lipinski definition) is 3. The fraction of sp³-hybridized carbons (Fsp3) is 0.231. The van der Waals surface area contributed by atoms with Crippen LogP contribution >= 0.6 is 11.8 Å². The van der Waals surface area contributed by atoms with E-state index in [0.717, 1.165) is 5.69 Å². The van der Waals surface area contributed by atoms with Gasteiger partial charge in [-0.1, -0.05) is 17.8 Å². The molecule has 2 aromatic rings. The highest BCUT2D eigenvalue weighted by Crippen LogP contribution is 2.17. The van der Waals surface area contributed by atoms with Crippen LogP contribution in [0.4, 0.5) is 17.5 Å². The van der Waals surface area contributed by atoms with Crippen LogP contribution in [0.1, 0.15) is 12.1 Å². The first kappa shape index (κ1) is 15.0. The fourth-order valence-corrected chi connectivity index (χ4v) is 2.39. The Morgan fingerprint density at radius 3 is 2.62 bits per heavy atom. The molecule has 0 unspecified atom stereocenters. The van der Waals surface area contributed by atoms with Crippen molar-refractivity contribution in [3.05, 3.63) is 30.0 Å². The molecule has 0 saturated heterocycles. The molecule has 0 fully saturated rings. The second-order valence-corrected chi connectivity index (χ2v) is 5.37. The summed E-state index contributed by atoms with van der Waals surface area (Å²) >= 11 is 1.33. The van der Waals surface area contributed by atoms with E-state index >= 15 is 0 Å². The summed E-state index contributed by atoms with van der Waals surface area (Å²) < 4.78 is 0. The van der Waals surface area contributed by atoms with E-state index < -0.39 is 0 Å². The topological polar surface area (TPSA) is 120 Å². The normalized spacial score (nSPS) is 10.3. The highest BCUT2D eigenvalue weighted by Gasteiger charge is 2.06. The van der Waals surface area contributed by atoms with Gasteiger partial charge in [-0.05, 0) is 19.1 Å². The number of carbonyl (C=O) groups excluding carboxylic acids is 1. The lowest BCUT2D eigenvalue weighted by Gasteiger charge is -2.05. The van der Waals surface area contributed by atoms with Crippen molar-refractivity contribution in [2.45, 2.75) is 18.5 Å². The molecule has 21 heavy (non-hydrogen) atoms. The molecule has 7 nitrogen and oxygen atoms in total. The molecule has 2 heterocycles. The third-order valence-electron chi connectivity index (χ3n) is 2.46. The highest BCUT2D eigenvalue weighted by atomic mass is 32.2. The predicted octanol–water partition coefficient (Wildman–Crippen LogP) is 1.47. The van der Waals surface area contributed by atoms with Gasteiger partial charge in [0.05, 0.1) is 0 Å². The minimum Gasteiger partial charge on any atom is -0.383 e. The number of aryl methyl sites for hydroxylation is 1. The average Bonchev–Trinajstić information content (AvgIpc) is 2.37. The fourth-order valence-electron chi connectivity index (χ4n) is 1.58. The third kappa shape index (κ3) is 4.92. The van der Waals surface area contributed by atoms with Crippen LogP contribution in [-0.2, 0) is 4.79 Å². The van der Waals surface area contributed by atoms with Crippen LogP contribution in [0.15, 0.2) is 29.4 Å². The molecule has 1 amide bonds. The van der Waals surface area contributed by atoms with Crippen molar-refractivity contribution in [1.82, 2.24) is 15.0 Å². The molecule has 0 aliphatic rings. The zero-order valence-electron chi connectivity index (χ0n) is 11.5. The number of nitrogens with one attached hydrogen (secondary N) is 1. The summed E-state index contributed by atoms with van der Waals surface area (Å²) in [6.07, 6.45) is 0.318. The maximum absolute atomic E-state index is 11.8. The Kier molecular flexibility index (Phi) is 4.94. The maximum Gasteiger partial charge on any atom is 0.226 e. The monoisotopic (exact) mass is 304 g/mol. The van der Waals surface area contributed by atoms with Gasteiger partial charge in [0, 0.05) is 23.9 Å². The Balaban J connectivity index is 1.81. The molecular formula is C13H16N6OS. The van der Waals surface area contributed by atoms with Crippen molar-refractivity contribution in [2.24, 2.45) is 0 Å². The van der Waals surface area contributed by atoms with Gasteiger partial charge in [-0.15, -0.1) is 0 Å². The molecule has 0 radical (unpaired) electrons. The number of thioether (sulfide) groups is 1. The van der Waals surface area contributed by atoms with Gasteiger partial charge >= 0.3 is 0 Å². The summed E-state index contributed by atoms with van der Waals surface area (Å²) in [4.78, 5) is 24.1. The lowest BCUT2D eigenvalue weighted by Crippen LogP contribution is -2.13. The lowest BCUT2D eigenvalue weighted by atomic mass is 10.3. The summed E-state index contributed by atoms with van der Waals surface area (Å²) in [5.74, 6) is 1.60. The van der Waals surface area contributed by atoms with E-state index in [-0.39, 0.29) is 5.91 Å². The molecule has 0 aromatic carbocycles. The number of nitrogens with two attached hydrogens (primary N) is 2. The minimum atomic E-state index is -0.113. The van der Waals surface area contributed by atoms with Crippen LogP contribution in [0.25, 0.3) is 0 Å². The molecule has 0 atom stereocenters. The number of nitrogen functional groups attached to an aromatic ring is 2. The van der Waals surface area contributed by atoms with Crippen molar-refractivity contribution < 1.29 is 4.79 Å². The largest absolute Gasteiger partial charge is 0.383 e. The van der Waals surface area contributed by atoms with Crippen molar-refractivity contribution in [3.8, 4) is 0 Å². The molecule has 5 N–H and O–H groups in total. The first-order valence-electron chi connectivity index (χ1n) is 6.29. The number of pyridine rings is 1. The van der Waals surface area contributed by atoms with Gasteiger partial charge < -0.3 is 16.8 Å². The van der Waals surface area contributed by atoms with Crippen molar-refractivity contribution in [2.75, 3.05) is 22.5 Å². The Morgan fingerprint density at radius 1 is 1.24 bits per heavy atom. The van der Waals surface area contributed by atoms with Crippen LogP contribution in [0, 0.1) is 6.92 Å². The number of carbonyl (C=O) groups is 1. The van der Waals surface area contributed by atoms with E-state index in [9.17, 15) is 4.79 Å². The van der Waals surface area contributed by atoms with E-state index in [2.05, 4.69) is 20.3 Å². The zero-order chi connectivity index (χ0) is 15.2. The summed E-state index contributed by atoms with van der Waals surface area (Å²) in [7, 11) is 0. The molecule has 0 saturated carbocycles. The standard InChI is InChI=1S/C13H16N6OS/c1-8-3-2-4-11(16-8)19-12(20)5-6-21-13-17-9(14)7-10(15)18-13/h2-4,7H,5-6H2,1H3,(H,16,19,20)(H4,14,15,17,18). The van der Waals surface area contributed by atoms with Gasteiger partial charge in [-0.2, -0.15) is 0 Å². The van der Waals surface area contributed by atoms with E-state index in [1.807, 2.05) is 19.1 Å². The Hall–Kier alpha value is -2.35. The average molecular weight is 304 g/mol. The SMILES string of the molecule is Cc1cccc(NC(=O)CCSc2nc(N)cc(N)n2)n1. The maximum atomic E-state index is 11.8. The summed E-state index contributed by atoms with van der Waals surface area (Å²) in [6, 6.07) is 6.95. The molecule has 0 bridgehead atoms. The van der Waals surface area contributed by atoms with Gasteiger partial charge in [-0.25, -0.2) is 15.0 Å². The van der Waals surface area contributed by atoms with Gasteiger partial charge in [0.1, 0.15) is 17.5 Å². The minimum absolute atomic E-state index is 0.113. The molecule has 0 aliphatic heterocycles. The quantitative estimate of drug-likeness (QED) is 0.565. The summed E-state index contributed by atoms with van der Waals surface area (Å²) in [5.41, 5.74) is 12.0. The number of anilines is 3. The van der Waals surface area contributed by atoms with Crippen LogP contribution in [-0.4, -0.2) is 26.6 Å². The van der Waals surface area contributed by atoms with Gasteiger partial charge in [0.15, 0.2) is 5.16 Å². The van der Waals surface area contributed by atoms with E-state index in [1.54, 1.807) is 6.07 Å². The first-order valence-corrected chi connectivity index (χ1v) is 7.28. The summed E-state index contributed by atoms with van der Waals surface area (Å²) in [5, 5.41) is 3.20.